The summed E-state index contributed by atoms with van der Waals surface area (Å²) in [5.41, 5.74) is 3.19. The van der Waals surface area contributed by atoms with Gasteiger partial charge in [-0.25, -0.2) is 0 Å². The van der Waals surface area contributed by atoms with Crippen molar-refractivity contribution in [2.45, 2.75) is 12.1 Å². The number of rotatable bonds is 7. The molecule has 3 heterocycles. The fourth-order valence-electron chi connectivity index (χ4n) is 3.91. The lowest BCUT2D eigenvalue weighted by Crippen LogP contribution is -2.36. The molecule has 1 fully saturated rings. The van der Waals surface area contributed by atoms with Crippen molar-refractivity contribution in [2.24, 2.45) is 0 Å². The van der Waals surface area contributed by atoms with Crippen LogP contribution in [0.25, 0.3) is 5.69 Å². The van der Waals surface area contributed by atoms with Crippen molar-refractivity contribution >= 4 is 17.3 Å². The summed E-state index contributed by atoms with van der Waals surface area (Å²) < 4.78 is 7.65. The van der Waals surface area contributed by atoms with E-state index in [-0.39, 0.29) is 12.1 Å². The van der Waals surface area contributed by atoms with Crippen molar-refractivity contribution in [2.75, 3.05) is 34.3 Å². The molecule has 2 atom stereocenters. The highest BCUT2D eigenvalue weighted by molar-refractivity contribution is 7.80. The van der Waals surface area contributed by atoms with Crippen molar-refractivity contribution in [1.29, 1.82) is 0 Å². The Kier molecular flexibility index (Phi) is 6.01. The van der Waals surface area contributed by atoms with Gasteiger partial charge in [-0.1, -0.05) is 12.1 Å². The molecule has 1 aliphatic rings. The number of hydrogen-bond donors (Lipinski definition) is 1. The first-order chi connectivity index (χ1) is 14.6. The summed E-state index contributed by atoms with van der Waals surface area (Å²) in [7, 11) is 5.85. The number of hydrogen-bond acceptors (Lipinski definition) is 4. The molecule has 4 rings (SSSR count). The summed E-state index contributed by atoms with van der Waals surface area (Å²) in [5.74, 6) is 0.831. The molecule has 7 heteroatoms. The van der Waals surface area contributed by atoms with Crippen molar-refractivity contribution in [3.05, 3.63) is 78.4 Å². The third-order valence-electron chi connectivity index (χ3n) is 5.40. The Morgan fingerprint density at radius 1 is 1.13 bits per heavy atom. The number of nitrogens with one attached hydrogen (secondary N) is 1. The van der Waals surface area contributed by atoms with Gasteiger partial charge in [0.25, 0.3) is 0 Å². The molecule has 0 unspecified atom stereocenters. The highest BCUT2D eigenvalue weighted by Gasteiger charge is 2.41. The van der Waals surface area contributed by atoms with E-state index in [1.54, 1.807) is 7.11 Å². The number of methoxy groups -OCH3 is 1. The molecule has 3 aromatic rings. The maximum Gasteiger partial charge on any atom is 0.170 e. The van der Waals surface area contributed by atoms with E-state index in [9.17, 15) is 0 Å². The third kappa shape index (κ3) is 4.04. The molecule has 0 bridgehead atoms. The molecule has 30 heavy (non-hydrogen) atoms. The molecule has 1 N–H and O–H groups in total. The van der Waals surface area contributed by atoms with Gasteiger partial charge in [0.2, 0.25) is 0 Å². The van der Waals surface area contributed by atoms with Crippen LogP contribution in [0, 0.1) is 0 Å². The average Bonchev–Trinajstić information content (AvgIpc) is 3.37. The first kappa shape index (κ1) is 20.4. The zero-order chi connectivity index (χ0) is 21.1. The summed E-state index contributed by atoms with van der Waals surface area (Å²) in [6, 6.07) is 18.4. The van der Waals surface area contributed by atoms with Crippen LogP contribution in [0.1, 0.15) is 23.5 Å². The maximum atomic E-state index is 5.76. The second-order valence-electron chi connectivity index (χ2n) is 7.63. The van der Waals surface area contributed by atoms with E-state index in [4.69, 9.17) is 17.0 Å². The lowest BCUT2D eigenvalue weighted by Gasteiger charge is -2.29. The number of nitrogens with zero attached hydrogens (tertiary/aromatic N) is 4. The molecule has 0 spiro atoms. The van der Waals surface area contributed by atoms with Gasteiger partial charge in [-0.3, -0.25) is 4.98 Å². The van der Waals surface area contributed by atoms with E-state index in [1.807, 2.05) is 36.5 Å². The van der Waals surface area contributed by atoms with E-state index in [0.717, 1.165) is 41.0 Å². The number of pyridine rings is 1. The van der Waals surface area contributed by atoms with Crippen LogP contribution in [0.5, 0.6) is 5.75 Å². The van der Waals surface area contributed by atoms with Crippen LogP contribution in [0.3, 0.4) is 0 Å². The Bertz CT molecular complexity index is 1000. The zero-order valence-corrected chi connectivity index (χ0v) is 18.3. The SMILES string of the molecule is COc1cccc(-n2cccc2[C@H]2[C@@H](c3ccccn3)NC(=S)N2CCN(C)C)c1. The largest absolute Gasteiger partial charge is 0.497 e. The molecule has 1 aliphatic heterocycles. The first-order valence-corrected chi connectivity index (χ1v) is 10.4. The quantitative estimate of drug-likeness (QED) is 0.590. The smallest absolute Gasteiger partial charge is 0.170 e. The predicted octanol–water partition coefficient (Wildman–Crippen LogP) is 3.42. The van der Waals surface area contributed by atoms with Crippen molar-refractivity contribution in [3.8, 4) is 11.4 Å². The lowest BCUT2D eigenvalue weighted by atomic mass is 10.0. The van der Waals surface area contributed by atoms with E-state index < -0.39 is 0 Å². The van der Waals surface area contributed by atoms with E-state index in [2.05, 4.69) is 69.2 Å². The zero-order valence-electron chi connectivity index (χ0n) is 17.5. The number of aromatic nitrogens is 2. The minimum Gasteiger partial charge on any atom is -0.497 e. The Labute approximate surface area is 183 Å². The fourth-order valence-corrected chi connectivity index (χ4v) is 4.24. The molecule has 156 valence electrons. The summed E-state index contributed by atoms with van der Waals surface area (Å²) in [6.07, 6.45) is 3.92. The minimum absolute atomic E-state index is 0.0218. The molecule has 0 radical (unpaired) electrons. The van der Waals surface area contributed by atoms with Crippen LogP contribution in [-0.2, 0) is 0 Å². The first-order valence-electron chi connectivity index (χ1n) is 10.0. The molecular formula is C23H27N5OS. The van der Waals surface area contributed by atoms with Gasteiger partial charge in [0.05, 0.1) is 24.9 Å². The van der Waals surface area contributed by atoms with Crippen LogP contribution in [0.4, 0.5) is 0 Å². The number of thiocarbonyl (C=S) groups is 1. The van der Waals surface area contributed by atoms with E-state index >= 15 is 0 Å². The molecule has 0 amide bonds. The summed E-state index contributed by atoms with van der Waals surface area (Å²) >= 11 is 5.76. The van der Waals surface area contributed by atoms with Crippen LogP contribution < -0.4 is 10.1 Å². The molecule has 1 saturated heterocycles. The Balaban J connectivity index is 1.77. The topological polar surface area (TPSA) is 45.6 Å². The summed E-state index contributed by atoms with van der Waals surface area (Å²) in [5, 5.41) is 4.28. The van der Waals surface area contributed by atoms with Gasteiger partial charge in [0.15, 0.2) is 5.11 Å². The highest BCUT2D eigenvalue weighted by Crippen LogP contribution is 2.39. The van der Waals surface area contributed by atoms with Gasteiger partial charge in [0, 0.05) is 42.9 Å². The normalized spacial score (nSPS) is 18.7. The van der Waals surface area contributed by atoms with Gasteiger partial charge in [0.1, 0.15) is 5.75 Å². The van der Waals surface area contributed by atoms with Crippen LogP contribution in [-0.4, -0.2) is 58.8 Å². The molecule has 0 aliphatic carbocycles. The van der Waals surface area contributed by atoms with Crippen molar-refractivity contribution < 1.29 is 4.74 Å². The van der Waals surface area contributed by atoms with Crippen LogP contribution >= 0.6 is 12.2 Å². The molecule has 6 nitrogen and oxygen atoms in total. The van der Waals surface area contributed by atoms with E-state index in [0.29, 0.717) is 0 Å². The van der Waals surface area contributed by atoms with Crippen molar-refractivity contribution in [3.63, 3.8) is 0 Å². The van der Waals surface area contributed by atoms with Gasteiger partial charge in [-0.15, -0.1) is 0 Å². The second-order valence-corrected chi connectivity index (χ2v) is 8.01. The van der Waals surface area contributed by atoms with Gasteiger partial charge in [-0.2, -0.15) is 0 Å². The number of ether oxygens (including phenoxy) is 1. The van der Waals surface area contributed by atoms with Gasteiger partial charge in [-0.05, 0) is 62.7 Å². The fraction of sp³-hybridized carbons (Fsp3) is 0.304. The number of benzene rings is 1. The minimum atomic E-state index is -0.0277. The summed E-state index contributed by atoms with van der Waals surface area (Å²) in [4.78, 5) is 9.08. The third-order valence-corrected chi connectivity index (χ3v) is 5.75. The second kappa shape index (κ2) is 8.85. The molecular weight excluding hydrogens is 394 g/mol. The lowest BCUT2D eigenvalue weighted by molar-refractivity contribution is 0.272. The van der Waals surface area contributed by atoms with E-state index in [1.165, 1.54) is 0 Å². The highest BCUT2D eigenvalue weighted by atomic mass is 32.1. The predicted molar refractivity (Wildman–Crippen MR) is 123 cm³/mol. The monoisotopic (exact) mass is 421 g/mol. The summed E-state index contributed by atoms with van der Waals surface area (Å²) in [6.45, 7) is 1.74. The molecule has 0 saturated carbocycles. The Hall–Kier alpha value is -2.90. The average molecular weight is 422 g/mol. The standard InChI is InChI=1S/C23H27N5OS/c1-26(2)14-15-28-22(21(25-23(28)30)19-10-4-5-12-24-19)20-11-7-13-27(20)17-8-6-9-18(16-17)29-3/h4-13,16,21-22H,14-15H2,1-3H3,(H,25,30)/t21-,22+/m1/s1. The Morgan fingerprint density at radius 2 is 2.00 bits per heavy atom. The Morgan fingerprint density at radius 3 is 2.73 bits per heavy atom. The van der Waals surface area contributed by atoms with Crippen LogP contribution in [0.15, 0.2) is 67.0 Å². The maximum absolute atomic E-state index is 5.76. The van der Waals surface area contributed by atoms with Gasteiger partial charge < -0.3 is 24.4 Å². The van der Waals surface area contributed by atoms with Crippen molar-refractivity contribution in [1.82, 2.24) is 24.7 Å². The molecule has 2 aromatic heterocycles. The van der Waals surface area contributed by atoms with Crippen LogP contribution in [0.2, 0.25) is 0 Å². The van der Waals surface area contributed by atoms with Gasteiger partial charge >= 0.3 is 0 Å². The molecule has 1 aromatic carbocycles. The number of likely N-dealkylation sites (N-methyl/N-ethyl adjacent to an activating group) is 1.